The van der Waals surface area contributed by atoms with Gasteiger partial charge in [0.15, 0.2) is 5.13 Å². The number of amides is 2. The summed E-state index contributed by atoms with van der Waals surface area (Å²) in [7, 11) is 0. The molecule has 0 saturated heterocycles. The molecule has 9 nitrogen and oxygen atoms in total. The molecule has 1 aromatic carbocycles. The first kappa shape index (κ1) is 25.6. The smallest absolute Gasteiger partial charge is 0.368 e. The summed E-state index contributed by atoms with van der Waals surface area (Å²) in [5.74, 6) is 1.45. The number of carbonyl (C=O) groups is 1. The van der Waals surface area contributed by atoms with E-state index in [-0.39, 0.29) is 5.69 Å². The minimum atomic E-state index is -4.49. The number of carbonyl (C=O) groups excluding carboxylic acids is 1. The van der Waals surface area contributed by atoms with E-state index in [4.69, 9.17) is 4.52 Å². The maximum absolute atomic E-state index is 12.9. The molecule has 4 heterocycles. The molecule has 38 heavy (non-hydrogen) atoms. The zero-order valence-corrected chi connectivity index (χ0v) is 21.6. The SMILES string of the molecule is Cc1noc(C)c1-c1cc2ncnc(NCCc3cnc(NC(=O)Nc4cccc(C(F)(F)F)c4)s3)c2s1. The first-order valence-corrected chi connectivity index (χ1v) is 12.9. The van der Waals surface area contributed by atoms with Crippen LogP contribution in [0.25, 0.3) is 20.7 Å². The average Bonchev–Trinajstić information content (AvgIpc) is 3.57. The molecule has 5 aromatic rings. The summed E-state index contributed by atoms with van der Waals surface area (Å²) in [6, 6.07) is 5.72. The van der Waals surface area contributed by atoms with Crippen LogP contribution in [-0.4, -0.2) is 32.7 Å². The van der Waals surface area contributed by atoms with Crippen LogP contribution in [0.2, 0.25) is 0 Å². The number of hydrogen-bond acceptors (Lipinski definition) is 9. The van der Waals surface area contributed by atoms with Gasteiger partial charge in [-0.25, -0.2) is 19.7 Å². The second kappa shape index (κ2) is 10.4. The van der Waals surface area contributed by atoms with E-state index in [0.717, 1.165) is 49.1 Å². The standard InChI is InChI=1S/C24H20F3N7O2S2/c1-12-19(13(2)36-34-12)18-9-17-20(38-18)21(31-11-30-17)28-7-6-16-10-29-23(37-16)33-22(35)32-15-5-3-4-14(8-15)24(25,26)27/h3-5,8-11H,6-7H2,1-2H3,(H,28,30,31)(H2,29,32,33,35). The van der Waals surface area contributed by atoms with Crippen LogP contribution in [0, 0.1) is 13.8 Å². The number of alkyl halides is 3. The van der Waals surface area contributed by atoms with Crippen molar-refractivity contribution in [2.45, 2.75) is 26.4 Å². The van der Waals surface area contributed by atoms with Gasteiger partial charge in [-0.15, -0.1) is 22.7 Å². The number of fused-ring (bicyclic) bond motifs is 1. The normalized spacial score (nSPS) is 11.6. The van der Waals surface area contributed by atoms with Gasteiger partial charge < -0.3 is 15.2 Å². The number of thiazole rings is 1. The van der Waals surface area contributed by atoms with Gasteiger partial charge in [0.2, 0.25) is 0 Å². The number of halogens is 3. The lowest BCUT2D eigenvalue weighted by molar-refractivity contribution is -0.137. The molecule has 0 aliphatic carbocycles. The van der Waals surface area contributed by atoms with Gasteiger partial charge in [-0.05, 0) is 38.1 Å². The molecule has 5 rings (SSSR count). The number of nitrogens with one attached hydrogen (secondary N) is 3. The highest BCUT2D eigenvalue weighted by Crippen LogP contribution is 2.38. The molecular formula is C24H20F3N7O2S2. The maximum Gasteiger partial charge on any atom is 0.416 e. The third-order valence-electron chi connectivity index (χ3n) is 5.48. The lowest BCUT2D eigenvalue weighted by Crippen LogP contribution is -2.19. The number of benzene rings is 1. The van der Waals surface area contributed by atoms with Crippen molar-refractivity contribution in [3.05, 3.63) is 64.8 Å². The van der Waals surface area contributed by atoms with Gasteiger partial charge in [-0.3, -0.25) is 5.32 Å². The van der Waals surface area contributed by atoms with Crippen molar-refractivity contribution in [2.24, 2.45) is 0 Å². The fraction of sp³-hybridized carbons (Fsp3) is 0.208. The van der Waals surface area contributed by atoms with E-state index in [1.807, 2.05) is 19.9 Å². The van der Waals surface area contributed by atoms with Crippen LogP contribution in [0.1, 0.15) is 21.9 Å². The Bertz CT molecular complexity index is 1590. The third-order valence-corrected chi connectivity index (χ3v) is 7.60. The van der Waals surface area contributed by atoms with Crippen molar-refractivity contribution in [3.8, 4) is 10.4 Å². The van der Waals surface area contributed by atoms with Gasteiger partial charge in [0.25, 0.3) is 0 Å². The molecule has 0 spiro atoms. The number of nitrogens with zero attached hydrogens (tertiary/aromatic N) is 4. The van der Waals surface area contributed by atoms with E-state index in [0.29, 0.717) is 23.9 Å². The number of thiophene rings is 1. The van der Waals surface area contributed by atoms with E-state index in [1.165, 1.54) is 29.8 Å². The number of rotatable bonds is 7. The van der Waals surface area contributed by atoms with Gasteiger partial charge in [-0.1, -0.05) is 11.2 Å². The molecule has 0 bridgehead atoms. The number of hydrogen-bond donors (Lipinski definition) is 3. The Balaban J connectivity index is 1.18. The fourth-order valence-corrected chi connectivity index (χ4v) is 5.78. The molecule has 0 atom stereocenters. The molecule has 2 amide bonds. The summed E-state index contributed by atoms with van der Waals surface area (Å²) in [5.41, 5.74) is 1.78. The lowest BCUT2D eigenvalue weighted by Gasteiger charge is -2.09. The van der Waals surface area contributed by atoms with Crippen LogP contribution in [0.4, 0.5) is 34.6 Å². The summed E-state index contributed by atoms with van der Waals surface area (Å²) < 4.78 is 44.8. The summed E-state index contributed by atoms with van der Waals surface area (Å²) in [5, 5.41) is 12.6. The van der Waals surface area contributed by atoms with Crippen LogP contribution < -0.4 is 16.0 Å². The predicted octanol–water partition coefficient (Wildman–Crippen LogP) is 6.74. The molecule has 4 aromatic heterocycles. The van der Waals surface area contributed by atoms with Gasteiger partial charge in [-0.2, -0.15) is 13.2 Å². The monoisotopic (exact) mass is 559 g/mol. The Kier molecular flexibility index (Phi) is 6.99. The number of anilines is 3. The second-order valence-electron chi connectivity index (χ2n) is 8.21. The Hall–Kier alpha value is -4.04. The van der Waals surface area contributed by atoms with Gasteiger partial charge >= 0.3 is 12.2 Å². The quantitative estimate of drug-likeness (QED) is 0.202. The summed E-state index contributed by atoms with van der Waals surface area (Å²) in [6.07, 6.45) is -0.734. The molecule has 0 aliphatic rings. The minimum Gasteiger partial charge on any atom is -0.368 e. The molecule has 3 N–H and O–H groups in total. The van der Waals surface area contributed by atoms with Gasteiger partial charge in [0.1, 0.15) is 17.9 Å². The van der Waals surface area contributed by atoms with Crippen molar-refractivity contribution in [3.63, 3.8) is 0 Å². The van der Waals surface area contributed by atoms with Crippen molar-refractivity contribution in [1.29, 1.82) is 0 Å². The van der Waals surface area contributed by atoms with Crippen molar-refractivity contribution in [2.75, 3.05) is 22.5 Å². The molecule has 196 valence electrons. The highest BCUT2D eigenvalue weighted by molar-refractivity contribution is 7.22. The van der Waals surface area contributed by atoms with Gasteiger partial charge in [0, 0.05) is 34.6 Å². The predicted molar refractivity (Wildman–Crippen MR) is 141 cm³/mol. The molecule has 0 aliphatic heterocycles. The fourth-order valence-electron chi connectivity index (χ4n) is 3.76. The first-order valence-electron chi connectivity index (χ1n) is 11.3. The second-order valence-corrected chi connectivity index (χ2v) is 10.4. The van der Waals surface area contributed by atoms with E-state index in [2.05, 4.69) is 36.1 Å². The van der Waals surface area contributed by atoms with Crippen LogP contribution in [0.3, 0.4) is 0 Å². The minimum absolute atomic E-state index is 0.0283. The number of urea groups is 1. The van der Waals surface area contributed by atoms with E-state index >= 15 is 0 Å². The summed E-state index contributed by atoms with van der Waals surface area (Å²) in [4.78, 5) is 27.1. The largest absolute Gasteiger partial charge is 0.416 e. The van der Waals surface area contributed by atoms with E-state index in [9.17, 15) is 18.0 Å². The van der Waals surface area contributed by atoms with Crippen molar-refractivity contribution >= 4 is 55.6 Å². The Morgan fingerprint density at radius 1 is 1.08 bits per heavy atom. The van der Waals surface area contributed by atoms with Crippen LogP contribution in [0.15, 0.2) is 47.4 Å². The zero-order chi connectivity index (χ0) is 26.9. The van der Waals surface area contributed by atoms with Crippen molar-refractivity contribution < 1.29 is 22.5 Å². The Morgan fingerprint density at radius 3 is 2.68 bits per heavy atom. The highest BCUT2D eigenvalue weighted by Gasteiger charge is 2.30. The molecular weight excluding hydrogens is 539 g/mol. The van der Waals surface area contributed by atoms with Crippen LogP contribution >= 0.6 is 22.7 Å². The summed E-state index contributed by atoms with van der Waals surface area (Å²) in [6.45, 7) is 4.33. The highest BCUT2D eigenvalue weighted by atomic mass is 32.1. The van der Waals surface area contributed by atoms with Crippen LogP contribution in [-0.2, 0) is 12.6 Å². The molecule has 0 radical (unpaired) electrons. The average molecular weight is 560 g/mol. The molecule has 0 saturated carbocycles. The maximum atomic E-state index is 12.9. The van der Waals surface area contributed by atoms with E-state index < -0.39 is 17.8 Å². The zero-order valence-electron chi connectivity index (χ0n) is 20.0. The number of aromatic nitrogens is 4. The molecule has 0 unspecified atom stereocenters. The summed E-state index contributed by atoms with van der Waals surface area (Å²) >= 11 is 2.83. The van der Waals surface area contributed by atoms with Crippen molar-refractivity contribution in [1.82, 2.24) is 20.1 Å². The van der Waals surface area contributed by atoms with Gasteiger partial charge in [0.05, 0.1) is 27.0 Å². The Morgan fingerprint density at radius 2 is 1.92 bits per heavy atom. The third kappa shape index (κ3) is 5.60. The number of aryl methyl sites for hydroxylation is 2. The van der Waals surface area contributed by atoms with E-state index in [1.54, 1.807) is 17.5 Å². The van der Waals surface area contributed by atoms with Crippen LogP contribution in [0.5, 0.6) is 0 Å². The molecule has 14 heteroatoms. The first-order chi connectivity index (χ1) is 18.2. The topological polar surface area (TPSA) is 118 Å². The molecule has 0 fully saturated rings. The lowest BCUT2D eigenvalue weighted by atomic mass is 10.1. The Labute approximate surface area is 222 Å².